The molecular formula is C20H18Cl2N2O3. The lowest BCUT2D eigenvalue weighted by Crippen LogP contribution is -2.41. The molecule has 1 aliphatic rings. The molecule has 0 saturated carbocycles. The molecular weight excluding hydrogens is 387 g/mol. The van der Waals surface area contributed by atoms with Crippen LogP contribution >= 0.6 is 23.2 Å². The third-order valence-corrected chi connectivity index (χ3v) is 5.67. The van der Waals surface area contributed by atoms with Gasteiger partial charge in [0, 0.05) is 33.7 Å². The number of aromatic amines is 1. The molecule has 3 aromatic rings. The summed E-state index contributed by atoms with van der Waals surface area (Å²) in [4.78, 5) is 18.1. The van der Waals surface area contributed by atoms with Gasteiger partial charge in [-0.1, -0.05) is 23.2 Å². The number of nitrogens with zero attached hydrogens (tertiary/aromatic N) is 1. The number of aromatic hydroxyl groups is 1. The molecule has 1 amide bonds. The SMILES string of the molecule is Cc1cc(C(=O)N2CCc3c([nH]c4ccc(Cl)cc34)C2CO)cc(Cl)c1O. The highest BCUT2D eigenvalue weighted by atomic mass is 35.5. The highest BCUT2D eigenvalue weighted by Gasteiger charge is 2.33. The van der Waals surface area contributed by atoms with Gasteiger partial charge in [0.1, 0.15) is 5.75 Å². The number of aryl methyl sites for hydroxylation is 1. The first-order valence-electron chi connectivity index (χ1n) is 8.61. The van der Waals surface area contributed by atoms with Gasteiger partial charge in [-0.15, -0.1) is 0 Å². The molecule has 2 aromatic carbocycles. The fourth-order valence-electron chi connectivity index (χ4n) is 3.80. The first kappa shape index (κ1) is 18.2. The summed E-state index contributed by atoms with van der Waals surface area (Å²) >= 11 is 12.2. The second-order valence-electron chi connectivity index (χ2n) is 6.78. The average Bonchev–Trinajstić information content (AvgIpc) is 3.02. The lowest BCUT2D eigenvalue weighted by atomic mass is 9.96. The number of H-pyrrole nitrogens is 1. The highest BCUT2D eigenvalue weighted by Crippen LogP contribution is 2.37. The molecule has 5 nitrogen and oxygen atoms in total. The van der Waals surface area contributed by atoms with Crippen LogP contribution in [0.3, 0.4) is 0 Å². The van der Waals surface area contributed by atoms with Gasteiger partial charge in [-0.3, -0.25) is 4.79 Å². The molecule has 1 atom stereocenters. The highest BCUT2D eigenvalue weighted by molar-refractivity contribution is 6.32. The standard InChI is InChI=1S/C20H18Cl2N2O3/c1-10-6-11(7-15(22)19(10)26)20(27)24-5-4-13-14-8-12(21)2-3-16(14)23-18(13)17(24)9-25/h2-3,6-8,17,23,25-26H,4-5,9H2,1H3. The van der Waals surface area contributed by atoms with E-state index < -0.39 is 6.04 Å². The van der Waals surface area contributed by atoms with Crippen molar-refractivity contribution in [2.24, 2.45) is 0 Å². The van der Waals surface area contributed by atoms with Crippen LogP contribution in [0.25, 0.3) is 10.9 Å². The number of fused-ring (bicyclic) bond motifs is 3. The van der Waals surface area contributed by atoms with Crippen LogP contribution < -0.4 is 0 Å². The maximum absolute atomic E-state index is 13.1. The van der Waals surface area contributed by atoms with E-state index >= 15 is 0 Å². The van der Waals surface area contributed by atoms with E-state index in [0.29, 0.717) is 29.1 Å². The van der Waals surface area contributed by atoms with Gasteiger partial charge in [-0.25, -0.2) is 0 Å². The molecule has 3 N–H and O–H groups in total. The smallest absolute Gasteiger partial charge is 0.254 e. The molecule has 2 heterocycles. The number of aliphatic hydroxyl groups excluding tert-OH is 1. The molecule has 0 spiro atoms. The van der Waals surface area contributed by atoms with E-state index in [-0.39, 0.29) is 23.3 Å². The number of aliphatic hydroxyl groups is 1. The van der Waals surface area contributed by atoms with Crippen LogP contribution in [0.2, 0.25) is 10.0 Å². The summed E-state index contributed by atoms with van der Waals surface area (Å²) in [5.41, 5.74) is 3.76. The van der Waals surface area contributed by atoms with E-state index in [2.05, 4.69) is 4.98 Å². The number of benzene rings is 2. The lowest BCUT2D eigenvalue weighted by Gasteiger charge is -2.35. The third kappa shape index (κ3) is 2.96. The van der Waals surface area contributed by atoms with Gasteiger partial charge in [0.2, 0.25) is 0 Å². The average molecular weight is 405 g/mol. The van der Waals surface area contributed by atoms with E-state index in [1.54, 1.807) is 17.9 Å². The van der Waals surface area contributed by atoms with Crippen molar-refractivity contribution in [2.45, 2.75) is 19.4 Å². The Kier molecular flexibility index (Phi) is 4.54. The molecule has 0 radical (unpaired) electrons. The van der Waals surface area contributed by atoms with Crippen molar-refractivity contribution in [1.29, 1.82) is 0 Å². The second kappa shape index (κ2) is 6.75. The maximum Gasteiger partial charge on any atom is 0.254 e. The van der Waals surface area contributed by atoms with Gasteiger partial charge < -0.3 is 20.1 Å². The minimum Gasteiger partial charge on any atom is -0.506 e. The zero-order valence-electron chi connectivity index (χ0n) is 14.6. The first-order valence-corrected chi connectivity index (χ1v) is 9.37. The van der Waals surface area contributed by atoms with Crippen LogP contribution in [0.15, 0.2) is 30.3 Å². The van der Waals surface area contributed by atoms with Crippen LogP contribution in [0.5, 0.6) is 5.75 Å². The number of amides is 1. The zero-order chi connectivity index (χ0) is 19.3. The van der Waals surface area contributed by atoms with E-state index in [0.717, 1.165) is 22.2 Å². The largest absolute Gasteiger partial charge is 0.506 e. The van der Waals surface area contributed by atoms with Crippen molar-refractivity contribution in [3.05, 3.63) is 62.8 Å². The number of hydrogen-bond donors (Lipinski definition) is 3. The molecule has 140 valence electrons. The normalized spacial score (nSPS) is 16.6. The van der Waals surface area contributed by atoms with E-state index in [1.165, 1.54) is 6.07 Å². The van der Waals surface area contributed by atoms with Crippen molar-refractivity contribution in [3.8, 4) is 5.75 Å². The molecule has 0 bridgehead atoms. The molecule has 1 aromatic heterocycles. The fraction of sp³-hybridized carbons (Fsp3) is 0.250. The third-order valence-electron chi connectivity index (χ3n) is 5.15. The Morgan fingerprint density at radius 1 is 1.30 bits per heavy atom. The molecule has 0 saturated heterocycles. The van der Waals surface area contributed by atoms with Gasteiger partial charge >= 0.3 is 0 Å². The number of rotatable bonds is 2. The number of halogens is 2. The second-order valence-corrected chi connectivity index (χ2v) is 7.62. The number of nitrogens with one attached hydrogen (secondary N) is 1. The lowest BCUT2D eigenvalue weighted by molar-refractivity contribution is 0.0563. The number of carbonyl (C=O) groups is 1. The first-order chi connectivity index (χ1) is 12.9. The van der Waals surface area contributed by atoms with Crippen molar-refractivity contribution in [2.75, 3.05) is 13.2 Å². The fourth-order valence-corrected chi connectivity index (χ4v) is 4.24. The number of aromatic nitrogens is 1. The van der Waals surface area contributed by atoms with Gasteiger partial charge in [0.05, 0.1) is 17.7 Å². The summed E-state index contributed by atoms with van der Waals surface area (Å²) in [5, 5.41) is 21.7. The summed E-state index contributed by atoms with van der Waals surface area (Å²) in [6.45, 7) is 1.95. The van der Waals surface area contributed by atoms with E-state index in [9.17, 15) is 15.0 Å². The monoisotopic (exact) mass is 404 g/mol. The summed E-state index contributed by atoms with van der Waals surface area (Å²) in [5.74, 6) is -0.262. The molecule has 0 aliphatic carbocycles. The number of hydrogen-bond acceptors (Lipinski definition) is 3. The Bertz CT molecular complexity index is 1040. The molecule has 27 heavy (non-hydrogen) atoms. The van der Waals surface area contributed by atoms with Crippen LogP contribution in [0.1, 0.15) is 33.2 Å². The van der Waals surface area contributed by atoms with Crippen LogP contribution in [-0.4, -0.2) is 39.2 Å². The number of phenolic OH excluding ortho intramolecular Hbond substituents is 1. The van der Waals surface area contributed by atoms with Gasteiger partial charge in [0.25, 0.3) is 5.91 Å². The van der Waals surface area contributed by atoms with Crippen LogP contribution in [0.4, 0.5) is 0 Å². The number of phenols is 1. The Morgan fingerprint density at radius 3 is 2.78 bits per heavy atom. The minimum absolute atomic E-state index is 0.0275. The summed E-state index contributed by atoms with van der Waals surface area (Å²) in [6, 6.07) is 8.20. The summed E-state index contributed by atoms with van der Waals surface area (Å²) in [7, 11) is 0. The minimum atomic E-state index is -0.486. The molecule has 7 heteroatoms. The Morgan fingerprint density at radius 2 is 2.07 bits per heavy atom. The van der Waals surface area contributed by atoms with Crippen molar-refractivity contribution in [1.82, 2.24) is 9.88 Å². The van der Waals surface area contributed by atoms with Gasteiger partial charge in [-0.2, -0.15) is 0 Å². The molecule has 4 rings (SSSR count). The molecule has 1 unspecified atom stereocenters. The summed E-state index contributed by atoms with van der Waals surface area (Å²) in [6.07, 6.45) is 0.655. The predicted octanol–water partition coefficient (Wildman–Crippen LogP) is 4.22. The molecule has 1 aliphatic heterocycles. The van der Waals surface area contributed by atoms with Gasteiger partial charge in [-0.05, 0) is 54.8 Å². The van der Waals surface area contributed by atoms with E-state index in [4.69, 9.17) is 23.2 Å². The Hall–Kier alpha value is -2.21. The quantitative estimate of drug-likeness (QED) is 0.598. The zero-order valence-corrected chi connectivity index (χ0v) is 16.1. The van der Waals surface area contributed by atoms with Crippen molar-refractivity contribution < 1.29 is 15.0 Å². The maximum atomic E-state index is 13.1. The van der Waals surface area contributed by atoms with E-state index in [1.807, 2.05) is 18.2 Å². The van der Waals surface area contributed by atoms with Gasteiger partial charge in [0.15, 0.2) is 0 Å². The number of carbonyl (C=O) groups excluding carboxylic acids is 1. The Labute approximate surface area is 166 Å². The van der Waals surface area contributed by atoms with Crippen molar-refractivity contribution >= 4 is 40.0 Å². The van der Waals surface area contributed by atoms with Crippen LogP contribution in [-0.2, 0) is 6.42 Å². The Balaban J connectivity index is 1.75. The predicted molar refractivity (Wildman–Crippen MR) is 106 cm³/mol. The molecule has 0 fully saturated rings. The topological polar surface area (TPSA) is 76.6 Å². The van der Waals surface area contributed by atoms with Crippen LogP contribution in [0, 0.1) is 6.92 Å². The summed E-state index contributed by atoms with van der Waals surface area (Å²) < 4.78 is 0. The van der Waals surface area contributed by atoms with Crippen molar-refractivity contribution in [3.63, 3.8) is 0 Å².